The number of para-hydroxylation sites is 1. The van der Waals surface area contributed by atoms with Gasteiger partial charge in [0.05, 0.1) is 17.5 Å². The van der Waals surface area contributed by atoms with Gasteiger partial charge in [0.25, 0.3) is 5.91 Å². The number of ether oxygens (including phenoxy) is 1. The Morgan fingerprint density at radius 3 is 2.30 bits per heavy atom. The van der Waals surface area contributed by atoms with Crippen LogP contribution >= 0.6 is 23.4 Å². The van der Waals surface area contributed by atoms with Crippen molar-refractivity contribution in [2.75, 3.05) is 17.8 Å². The third kappa shape index (κ3) is 11.0. The fourth-order valence-corrected chi connectivity index (χ4v) is 5.37. The zero-order valence-electron chi connectivity index (χ0n) is 22.4. The van der Waals surface area contributed by atoms with Gasteiger partial charge in [-0.25, -0.2) is 0 Å². The molecule has 4 nitrogen and oxygen atoms in total. The van der Waals surface area contributed by atoms with Crippen molar-refractivity contribution in [1.82, 2.24) is 4.90 Å². The second kappa shape index (κ2) is 17.4. The van der Waals surface area contributed by atoms with Crippen molar-refractivity contribution in [1.29, 1.82) is 0 Å². The topological polar surface area (TPSA) is 41.6 Å². The second-order valence-electron chi connectivity index (χ2n) is 9.82. The summed E-state index contributed by atoms with van der Waals surface area (Å²) >= 11 is 8.13. The van der Waals surface area contributed by atoms with Gasteiger partial charge in [0.15, 0.2) is 0 Å². The molecule has 1 N–H and O–H groups in total. The first-order chi connectivity index (χ1) is 18.2. The zero-order chi connectivity index (χ0) is 26.1. The van der Waals surface area contributed by atoms with E-state index >= 15 is 0 Å². The Morgan fingerprint density at radius 1 is 0.946 bits per heavy atom. The van der Waals surface area contributed by atoms with Gasteiger partial charge in [0.1, 0.15) is 5.75 Å². The quantitative estimate of drug-likeness (QED) is 0.190. The Kier molecular flexibility index (Phi) is 13.9. The molecular formula is C31H43ClN2O2S. The van der Waals surface area contributed by atoms with Crippen molar-refractivity contribution < 1.29 is 9.53 Å². The number of unbranched alkanes of at least 4 members (excludes halogenated alkanes) is 11. The molecule has 0 aromatic heterocycles. The van der Waals surface area contributed by atoms with Crippen LogP contribution in [0.3, 0.4) is 0 Å². The maximum absolute atomic E-state index is 13.0. The molecule has 0 saturated carbocycles. The van der Waals surface area contributed by atoms with Crippen LogP contribution in [0.4, 0.5) is 5.69 Å². The van der Waals surface area contributed by atoms with E-state index in [-0.39, 0.29) is 5.91 Å². The molecule has 1 amide bonds. The monoisotopic (exact) mass is 542 g/mol. The van der Waals surface area contributed by atoms with Crippen molar-refractivity contribution in [3.63, 3.8) is 0 Å². The van der Waals surface area contributed by atoms with Gasteiger partial charge in [-0.1, -0.05) is 107 Å². The summed E-state index contributed by atoms with van der Waals surface area (Å²) in [5.41, 5.74) is 2.45. The van der Waals surface area contributed by atoms with Crippen molar-refractivity contribution in [2.24, 2.45) is 0 Å². The molecule has 0 aliphatic carbocycles. The van der Waals surface area contributed by atoms with Gasteiger partial charge in [-0.3, -0.25) is 4.79 Å². The maximum atomic E-state index is 13.0. The van der Waals surface area contributed by atoms with E-state index in [1.165, 1.54) is 64.2 Å². The van der Waals surface area contributed by atoms with Crippen LogP contribution in [0.1, 0.15) is 99.9 Å². The van der Waals surface area contributed by atoms with Crippen LogP contribution in [0.5, 0.6) is 5.75 Å². The zero-order valence-corrected chi connectivity index (χ0v) is 23.9. The van der Waals surface area contributed by atoms with Gasteiger partial charge in [-0.2, -0.15) is 0 Å². The van der Waals surface area contributed by atoms with Gasteiger partial charge >= 0.3 is 0 Å². The number of nitrogens with zero attached hydrogens (tertiary/aromatic N) is 1. The van der Waals surface area contributed by atoms with Crippen LogP contribution in [0, 0.1) is 0 Å². The molecule has 1 heterocycles. The highest BCUT2D eigenvalue weighted by molar-refractivity contribution is 8.02. The average Bonchev–Trinajstić information content (AvgIpc) is 3.42. The number of hydrogen-bond acceptors (Lipinski definition) is 4. The predicted molar refractivity (Wildman–Crippen MR) is 160 cm³/mol. The molecule has 0 fully saturated rings. The number of nitrogens with one attached hydrogen (secondary N) is 1. The number of carbonyl (C=O) groups is 1. The van der Waals surface area contributed by atoms with Gasteiger partial charge < -0.3 is 15.0 Å². The number of halogens is 1. The van der Waals surface area contributed by atoms with Crippen LogP contribution < -0.4 is 10.1 Å². The lowest BCUT2D eigenvalue weighted by atomic mass is 10.1. The number of rotatable bonds is 18. The van der Waals surface area contributed by atoms with E-state index in [0.717, 1.165) is 36.5 Å². The van der Waals surface area contributed by atoms with E-state index in [1.807, 2.05) is 18.2 Å². The van der Waals surface area contributed by atoms with E-state index in [4.69, 9.17) is 16.3 Å². The highest BCUT2D eigenvalue weighted by atomic mass is 35.5. The third-order valence-corrected chi connectivity index (χ3v) is 7.80. The van der Waals surface area contributed by atoms with E-state index < -0.39 is 0 Å². The third-order valence-electron chi connectivity index (χ3n) is 6.70. The van der Waals surface area contributed by atoms with Crippen molar-refractivity contribution in [2.45, 2.75) is 90.5 Å². The number of benzene rings is 2. The molecule has 3 rings (SSSR count). The summed E-state index contributed by atoms with van der Waals surface area (Å²) in [6, 6.07) is 13.2. The van der Waals surface area contributed by atoms with Gasteiger partial charge in [0, 0.05) is 24.0 Å². The molecule has 0 unspecified atom stereocenters. The Balaban J connectivity index is 1.36. The average molecular weight is 543 g/mol. The molecule has 202 valence electrons. The van der Waals surface area contributed by atoms with Crippen LogP contribution in [0.15, 0.2) is 54.1 Å². The largest absolute Gasteiger partial charge is 0.492 e. The van der Waals surface area contributed by atoms with Crippen LogP contribution in [0.25, 0.3) is 0 Å². The molecule has 1 aliphatic heterocycles. The van der Waals surface area contributed by atoms with Crippen molar-refractivity contribution in [3.8, 4) is 5.75 Å². The molecule has 0 radical (unpaired) electrons. The normalized spacial score (nSPS) is 12.8. The van der Waals surface area contributed by atoms with E-state index in [0.29, 0.717) is 22.9 Å². The lowest BCUT2D eigenvalue weighted by molar-refractivity contribution is 0.102. The van der Waals surface area contributed by atoms with Gasteiger partial charge in [-0.05, 0) is 41.7 Å². The summed E-state index contributed by atoms with van der Waals surface area (Å²) in [4.78, 5) is 15.2. The fourth-order valence-electron chi connectivity index (χ4n) is 4.48. The molecular weight excluding hydrogens is 500 g/mol. The molecule has 0 atom stereocenters. The molecule has 1 aliphatic rings. The Hall–Kier alpha value is -2.11. The molecule has 0 spiro atoms. The smallest absolute Gasteiger partial charge is 0.255 e. The number of anilines is 1. The summed E-state index contributed by atoms with van der Waals surface area (Å²) in [5, 5.41) is 5.70. The van der Waals surface area contributed by atoms with Crippen LogP contribution in [-0.2, 0) is 6.54 Å². The Labute approximate surface area is 233 Å². The summed E-state index contributed by atoms with van der Waals surface area (Å²) in [5.74, 6) is 1.34. The lowest BCUT2D eigenvalue weighted by Crippen LogP contribution is -2.17. The number of amides is 1. The first-order valence-corrected chi connectivity index (χ1v) is 15.4. The summed E-state index contributed by atoms with van der Waals surface area (Å²) < 4.78 is 5.95. The van der Waals surface area contributed by atoms with E-state index in [1.54, 1.807) is 30.0 Å². The van der Waals surface area contributed by atoms with Crippen molar-refractivity contribution in [3.05, 3.63) is 70.2 Å². The summed E-state index contributed by atoms with van der Waals surface area (Å²) in [7, 11) is 0. The SMILES string of the molecule is CCCCCCCCCCCCCCOc1cc(C(=O)Nc2ccccc2CN2C=CSC2)ccc1Cl. The number of hydrogen-bond donors (Lipinski definition) is 1. The first kappa shape index (κ1) is 29.4. The van der Waals surface area contributed by atoms with Crippen LogP contribution in [0.2, 0.25) is 5.02 Å². The minimum Gasteiger partial charge on any atom is -0.492 e. The number of carbonyl (C=O) groups excluding carboxylic acids is 1. The highest BCUT2D eigenvalue weighted by Gasteiger charge is 2.14. The molecule has 0 bridgehead atoms. The van der Waals surface area contributed by atoms with Crippen LogP contribution in [-0.4, -0.2) is 23.3 Å². The molecule has 2 aromatic carbocycles. The van der Waals surface area contributed by atoms with Crippen molar-refractivity contribution >= 4 is 35.0 Å². The summed E-state index contributed by atoms with van der Waals surface area (Å²) in [6.45, 7) is 3.64. The van der Waals surface area contributed by atoms with E-state index in [2.05, 4.69) is 34.8 Å². The minimum absolute atomic E-state index is 0.161. The first-order valence-electron chi connectivity index (χ1n) is 14.0. The lowest BCUT2D eigenvalue weighted by Gasteiger charge is -2.18. The molecule has 37 heavy (non-hydrogen) atoms. The Bertz CT molecular complexity index is 981. The highest BCUT2D eigenvalue weighted by Crippen LogP contribution is 2.27. The minimum atomic E-state index is -0.161. The fraction of sp³-hybridized carbons (Fsp3) is 0.516. The van der Waals surface area contributed by atoms with Gasteiger partial charge in [0.2, 0.25) is 0 Å². The molecule has 6 heteroatoms. The molecule has 0 saturated heterocycles. The maximum Gasteiger partial charge on any atom is 0.255 e. The predicted octanol–water partition coefficient (Wildman–Crippen LogP) is 9.65. The summed E-state index contributed by atoms with van der Waals surface area (Å²) in [6.07, 6.45) is 17.8. The second-order valence-corrected chi connectivity index (χ2v) is 11.1. The Morgan fingerprint density at radius 2 is 1.62 bits per heavy atom. The molecule has 2 aromatic rings. The van der Waals surface area contributed by atoms with Gasteiger partial charge in [-0.15, -0.1) is 11.8 Å². The standard InChI is InChI=1S/C31H43ClN2O2S/c1-2-3-4-5-6-7-8-9-10-11-12-15-21-36-30-23-26(18-19-28(30)32)31(35)33-29-17-14-13-16-27(29)24-34-20-22-37-25-34/h13-14,16-20,22-23H,2-12,15,21,24-25H2,1H3,(H,33,35). The van der Waals surface area contributed by atoms with E-state index in [9.17, 15) is 4.79 Å². The number of thioether (sulfide) groups is 1.